The Hall–Kier alpha value is -4.44. The van der Waals surface area contributed by atoms with E-state index in [0.717, 1.165) is 34.1 Å². The Bertz CT molecular complexity index is 1370. The Balaban J connectivity index is 1.40. The quantitative estimate of drug-likeness (QED) is 0.244. The van der Waals surface area contributed by atoms with Crippen molar-refractivity contribution in [3.05, 3.63) is 144 Å². The van der Waals surface area contributed by atoms with E-state index >= 15 is 0 Å². The minimum Gasteiger partial charge on any atom is -0.342 e. The third-order valence-electron chi connectivity index (χ3n) is 5.92. The van der Waals surface area contributed by atoms with E-state index in [9.17, 15) is 4.79 Å². The van der Waals surface area contributed by atoms with Gasteiger partial charge in [0.2, 0.25) is 0 Å². The highest BCUT2D eigenvalue weighted by atomic mass is 16.2. The van der Waals surface area contributed by atoms with Gasteiger partial charge in [-0.1, -0.05) is 109 Å². The van der Waals surface area contributed by atoms with Crippen LogP contribution < -0.4 is 5.43 Å². The van der Waals surface area contributed by atoms with Crippen LogP contribution in [0.15, 0.2) is 127 Å². The molecule has 1 heterocycles. The van der Waals surface area contributed by atoms with Crippen LogP contribution in [0.4, 0.5) is 0 Å². The zero-order chi connectivity index (χ0) is 23.2. The highest BCUT2D eigenvalue weighted by molar-refractivity contribution is 6.00. The number of carbonyl (C=O) groups is 1. The summed E-state index contributed by atoms with van der Waals surface area (Å²) in [6, 6.07) is 38.2. The Morgan fingerprint density at radius 2 is 1.32 bits per heavy atom. The van der Waals surface area contributed by atoms with Crippen LogP contribution in [-0.2, 0) is 11.3 Å². The Labute approximate surface area is 199 Å². The van der Waals surface area contributed by atoms with E-state index < -0.39 is 5.92 Å². The normalized spacial score (nSPS) is 11.3. The lowest BCUT2D eigenvalue weighted by atomic mass is 9.91. The summed E-state index contributed by atoms with van der Waals surface area (Å²) in [6.07, 6.45) is 3.81. The van der Waals surface area contributed by atoms with E-state index in [1.165, 1.54) is 5.56 Å². The molecule has 4 aromatic carbocycles. The minimum absolute atomic E-state index is 0.165. The molecular weight excluding hydrogens is 418 g/mol. The topological polar surface area (TPSA) is 46.4 Å². The van der Waals surface area contributed by atoms with E-state index in [4.69, 9.17) is 0 Å². The number of hydrogen-bond acceptors (Lipinski definition) is 2. The predicted molar refractivity (Wildman–Crippen MR) is 138 cm³/mol. The third-order valence-corrected chi connectivity index (χ3v) is 5.92. The molecule has 1 N–H and O–H groups in total. The number of benzene rings is 4. The van der Waals surface area contributed by atoms with E-state index in [0.29, 0.717) is 0 Å². The number of carbonyl (C=O) groups excluding carboxylic acids is 1. The number of rotatable bonds is 7. The molecule has 1 amide bonds. The van der Waals surface area contributed by atoms with Crippen molar-refractivity contribution in [1.29, 1.82) is 0 Å². The van der Waals surface area contributed by atoms with Crippen molar-refractivity contribution in [2.45, 2.75) is 12.5 Å². The average molecular weight is 444 g/mol. The molecule has 0 spiro atoms. The zero-order valence-electron chi connectivity index (χ0n) is 18.7. The highest BCUT2D eigenvalue weighted by Gasteiger charge is 2.22. The Kier molecular flexibility index (Phi) is 6.30. The summed E-state index contributed by atoms with van der Waals surface area (Å²) in [5.74, 6) is -0.597. The maximum absolute atomic E-state index is 13.2. The molecule has 0 saturated carbocycles. The lowest BCUT2D eigenvalue weighted by molar-refractivity contribution is -0.121. The fourth-order valence-corrected chi connectivity index (χ4v) is 4.31. The van der Waals surface area contributed by atoms with Gasteiger partial charge in [-0.2, -0.15) is 5.10 Å². The number of nitrogens with one attached hydrogen (secondary N) is 1. The molecule has 1 aromatic heterocycles. The van der Waals surface area contributed by atoms with Crippen LogP contribution in [0.25, 0.3) is 10.9 Å². The number of amides is 1. The standard InChI is InChI=1S/C30H25N3O/c34-30(29(24-14-6-2-7-15-24)25-16-8-3-9-17-25)32-31-20-26-22-33(21-23-12-4-1-5-13-23)28-19-11-10-18-27(26)28/h1-20,22,29H,21H2,(H,32,34)/b31-20+. The molecule has 0 atom stereocenters. The van der Waals surface area contributed by atoms with Crippen LogP contribution in [0.5, 0.6) is 0 Å². The van der Waals surface area contributed by atoms with Crippen molar-refractivity contribution in [3.8, 4) is 0 Å². The second-order valence-electron chi connectivity index (χ2n) is 8.20. The van der Waals surface area contributed by atoms with Gasteiger partial charge in [0.05, 0.1) is 12.1 Å². The summed E-state index contributed by atoms with van der Waals surface area (Å²) in [5.41, 5.74) is 7.96. The van der Waals surface area contributed by atoms with Crippen LogP contribution in [-0.4, -0.2) is 16.7 Å². The molecule has 0 bridgehead atoms. The van der Waals surface area contributed by atoms with Gasteiger partial charge in [0.15, 0.2) is 0 Å². The zero-order valence-corrected chi connectivity index (χ0v) is 18.7. The van der Waals surface area contributed by atoms with Gasteiger partial charge in [-0.15, -0.1) is 0 Å². The summed E-state index contributed by atoms with van der Waals surface area (Å²) < 4.78 is 2.21. The molecule has 4 heteroatoms. The summed E-state index contributed by atoms with van der Waals surface area (Å²) in [5, 5.41) is 5.44. The molecule has 0 saturated heterocycles. The number of fused-ring (bicyclic) bond motifs is 1. The molecule has 4 nitrogen and oxygen atoms in total. The maximum atomic E-state index is 13.2. The van der Waals surface area contributed by atoms with Gasteiger partial charge in [0.25, 0.3) is 5.91 Å². The Morgan fingerprint density at radius 1 is 0.765 bits per heavy atom. The minimum atomic E-state index is -0.432. The number of para-hydroxylation sites is 1. The van der Waals surface area contributed by atoms with Gasteiger partial charge in [-0.05, 0) is 22.8 Å². The van der Waals surface area contributed by atoms with Gasteiger partial charge >= 0.3 is 0 Å². The summed E-state index contributed by atoms with van der Waals surface area (Å²) in [6.45, 7) is 0.769. The van der Waals surface area contributed by atoms with Gasteiger partial charge < -0.3 is 4.57 Å². The van der Waals surface area contributed by atoms with E-state index in [2.05, 4.69) is 57.7 Å². The van der Waals surface area contributed by atoms with Crippen molar-refractivity contribution in [3.63, 3.8) is 0 Å². The van der Waals surface area contributed by atoms with E-state index in [1.807, 2.05) is 78.9 Å². The molecular formula is C30H25N3O. The van der Waals surface area contributed by atoms with Gasteiger partial charge in [-0.25, -0.2) is 5.43 Å². The number of hydrogen-bond donors (Lipinski definition) is 1. The first-order valence-electron chi connectivity index (χ1n) is 11.3. The summed E-state index contributed by atoms with van der Waals surface area (Å²) in [7, 11) is 0. The van der Waals surface area contributed by atoms with Crippen molar-refractivity contribution >= 4 is 23.0 Å². The largest absolute Gasteiger partial charge is 0.342 e. The van der Waals surface area contributed by atoms with Gasteiger partial charge in [0, 0.05) is 29.2 Å². The molecule has 0 aliphatic rings. The van der Waals surface area contributed by atoms with Crippen LogP contribution in [0.3, 0.4) is 0 Å². The van der Waals surface area contributed by atoms with Crippen molar-refractivity contribution in [2.24, 2.45) is 5.10 Å². The van der Waals surface area contributed by atoms with Crippen molar-refractivity contribution in [1.82, 2.24) is 9.99 Å². The van der Waals surface area contributed by atoms with Crippen molar-refractivity contribution < 1.29 is 4.79 Å². The Morgan fingerprint density at radius 3 is 1.97 bits per heavy atom. The monoisotopic (exact) mass is 443 g/mol. The number of hydrazone groups is 1. The maximum Gasteiger partial charge on any atom is 0.252 e. The average Bonchev–Trinajstić information content (AvgIpc) is 3.23. The first-order chi connectivity index (χ1) is 16.8. The van der Waals surface area contributed by atoms with Crippen LogP contribution in [0.2, 0.25) is 0 Å². The highest BCUT2D eigenvalue weighted by Crippen LogP contribution is 2.25. The molecule has 34 heavy (non-hydrogen) atoms. The first-order valence-corrected chi connectivity index (χ1v) is 11.3. The fraction of sp³-hybridized carbons (Fsp3) is 0.0667. The summed E-state index contributed by atoms with van der Waals surface area (Å²) >= 11 is 0. The van der Waals surface area contributed by atoms with E-state index in [1.54, 1.807) is 6.21 Å². The molecule has 166 valence electrons. The summed E-state index contributed by atoms with van der Waals surface area (Å²) in [4.78, 5) is 13.2. The molecule has 0 unspecified atom stereocenters. The first kappa shape index (κ1) is 21.4. The molecule has 0 aliphatic carbocycles. The lowest BCUT2D eigenvalue weighted by Gasteiger charge is -2.16. The predicted octanol–water partition coefficient (Wildman–Crippen LogP) is 5.97. The lowest BCUT2D eigenvalue weighted by Crippen LogP contribution is -2.26. The second kappa shape index (κ2) is 10.0. The van der Waals surface area contributed by atoms with E-state index in [-0.39, 0.29) is 5.91 Å². The number of nitrogens with zero attached hydrogens (tertiary/aromatic N) is 2. The fourth-order valence-electron chi connectivity index (χ4n) is 4.31. The smallest absolute Gasteiger partial charge is 0.252 e. The molecule has 0 aliphatic heterocycles. The second-order valence-corrected chi connectivity index (χ2v) is 8.20. The van der Waals surface area contributed by atoms with Crippen LogP contribution in [0, 0.1) is 0 Å². The molecule has 5 rings (SSSR count). The molecule has 0 fully saturated rings. The van der Waals surface area contributed by atoms with Crippen LogP contribution in [0.1, 0.15) is 28.2 Å². The van der Waals surface area contributed by atoms with Crippen molar-refractivity contribution in [2.75, 3.05) is 0 Å². The molecule has 0 radical (unpaired) electrons. The van der Waals surface area contributed by atoms with Gasteiger partial charge in [0.1, 0.15) is 0 Å². The van der Waals surface area contributed by atoms with Gasteiger partial charge in [-0.3, -0.25) is 4.79 Å². The SMILES string of the molecule is O=C(N/N=C/c1cn(Cc2ccccc2)c2ccccc12)C(c1ccccc1)c1ccccc1. The molecule has 5 aromatic rings. The third kappa shape index (κ3) is 4.66. The number of aromatic nitrogens is 1. The van der Waals surface area contributed by atoms with Crippen LogP contribution >= 0.6 is 0 Å².